The SMILES string of the molecule is Nc1nc(Cn2cnc(I)c2I)cs1. The van der Waals surface area contributed by atoms with E-state index in [0.29, 0.717) is 5.13 Å². The minimum atomic E-state index is 0.616. The molecule has 14 heavy (non-hydrogen) atoms. The molecule has 0 aliphatic heterocycles. The Bertz CT molecular complexity index is 450. The van der Waals surface area contributed by atoms with Gasteiger partial charge in [-0.3, -0.25) is 0 Å². The van der Waals surface area contributed by atoms with E-state index in [4.69, 9.17) is 5.73 Å². The first-order valence-electron chi connectivity index (χ1n) is 3.73. The number of nitrogens with two attached hydrogens (primary N) is 1. The van der Waals surface area contributed by atoms with E-state index in [1.807, 2.05) is 11.7 Å². The molecule has 0 aromatic carbocycles. The summed E-state index contributed by atoms with van der Waals surface area (Å²) in [6.07, 6.45) is 1.82. The molecule has 2 heterocycles. The first kappa shape index (κ1) is 10.6. The van der Waals surface area contributed by atoms with Gasteiger partial charge in [-0.1, -0.05) is 0 Å². The summed E-state index contributed by atoms with van der Waals surface area (Å²) < 4.78 is 4.21. The van der Waals surface area contributed by atoms with Crippen molar-refractivity contribution >= 4 is 61.7 Å². The molecule has 74 valence electrons. The van der Waals surface area contributed by atoms with Crippen molar-refractivity contribution in [1.82, 2.24) is 14.5 Å². The van der Waals surface area contributed by atoms with Gasteiger partial charge in [-0.15, -0.1) is 11.3 Å². The number of anilines is 1. The Morgan fingerprint density at radius 2 is 2.29 bits per heavy atom. The monoisotopic (exact) mass is 432 g/mol. The molecular formula is C7H6I2N4S. The van der Waals surface area contributed by atoms with Crippen LogP contribution in [-0.4, -0.2) is 14.5 Å². The van der Waals surface area contributed by atoms with Crippen molar-refractivity contribution in [3.63, 3.8) is 0 Å². The van der Waals surface area contributed by atoms with E-state index in [1.54, 1.807) is 0 Å². The number of nitrogens with zero attached hydrogens (tertiary/aromatic N) is 3. The van der Waals surface area contributed by atoms with E-state index >= 15 is 0 Å². The van der Waals surface area contributed by atoms with Crippen molar-refractivity contribution in [2.75, 3.05) is 5.73 Å². The van der Waals surface area contributed by atoms with Crippen molar-refractivity contribution < 1.29 is 0 Å². The summed E-state index contributed by atoms with van der Waals surface area (Å²) in [5.41, 5.74) is 6.54. The van der Waals surface area contributed by atoms with Crippen LogP contribution >= 0.6 is 56.5 Å². The van der Waals surface area contributed by atoms with Gasteiger partial charge < -0.3 is 10.3 Å². The predicted molar refractivity (Wildman–Crippen MR) is 73.3 cm³/mol. The number of imidazole rings is 1. The molecule has 0 aliphatic carbocycles. The summed E-state index contributed by atoms with van der Waals surface area (Å²) in [6.45, 7) is 0.738. The molecule has 0 amide bonds. The Balaban J connectivity index is 2.22. The van der Waals surface area contributed by atoms with Crippen LogP contribution < -0.4 is 5.73 Å². The van der Waals surface area contributed by atoms with Crippen LogP contribution in [0.1, 0.15) is 5.69 Å². The highest BCUT2D eigenvalue weighted by molar-refractivity contribution is 14.1. The number of hydrogen-bond donors (Lipinski definition) is 1. The average molecular weight is 432 g/mol. The molecule has 0 spiro atoms. The smallest absolute Gasteiger partial charge is 0.180 e. The zero-order valence-electron chi connectivity index (χ0n) is 6.94. The lowest BCUT2D eigenvalue weighted by molar-refractivity contribution is 0.761. The summed E-state index contributed by atoms with van der Waals surface area (Å²) >= 11 is 5.95. The van der Waals surface area contributed by atoms with E-state index in [0.717, 1.165) is 19.6 Å². The predicted octanol–water partition coefficient (Wildman–Crippen LogP) is 2.18. The molecular weight excluding hydrogens is 426 g/mol. The van der Waals surface area contributed by atoms with Crippen molar-refractivity contribution in [3.05, 3.63) is 24.8 Å². The fraction of sp³-hybridized carbons (Fsp3) is 0.143. The van der Waals surface area contributed by atoms with Crippen molar-refractivity contribution in [1.29, 1.82) is 0 Å². The number of thiazole rings is 1. The van der Waals surface area contributed by atoms with E-state index in [2.05, 4.69) is 59.7 Å². The second-order valence-electron chi connectivity index (χ2n) is 2.63. The van der Waals surface area contributed by atoms with E-state index in [-0.39, 0.29) is 0 Å². The van der Waals surface area contributed by atoms with Gasteiger partial charge in [0.25, 0.3) is 0 Å². The van der Waals surface area contributed by atoms with Gasteiger partial charge in [-0.25, -0.2) is 9.97 Å². The fourth-order valence-corrected chi connectivity index (χ4v) is 2.45. The highest BCUT2D eigenvalue weighted by Gasteiger charge is 2.06. The lowest BCUT2D eigenvalue weighted by Gasteiger charge is -1.99. The zero-order valence-corrected chi connectivity index (χ0v) is 12.1. The summed E-state index contributed by atoms with van der Waals surface area (Å²) in [7, 11) is 0. The molecule has 0 fully saturated rings. The van der Waals surface area contributed by atoms with Crippen molar-refractivity contribution in [2.24, 2.45) is 0 Å². The first-order chi connectivity index (χ1) is 6.66. The van der Waals surface area contributed by atoms with Crippen LogP contribution in [0.3, 0.4) is 0 Å². The highest BCUT2D eigenvalue weighted by Crippen LogP contribution is 2.16. The number of rotatable bonds is 2. The number of halogens is 2. The third-order valence-corrected chi connectivity index (χ3v) is 5.31. The summed E-state index contributed by atoms with van der Waals surface area (Å²) in [5, 5.41) is 2.59. The quantitative estimate of drug-likeness (QED) is 0.741. The topological polar surface area (TPSA) is 56.7 Å². The lowest BCUT2D eigenvalue weighted by Crippen LogP contribution is -2.01. The molecule has 0 aliphatic rings. The lowest BCUT2D eigenvalue weighted by atomic mass is 10.5. The van der Waals surface area contributed by atoms with Gasteiger partial charge in [-0.05, 0) is 45.2 Å². The second kappa shape index (κ2) is 4.31. The molecule has 0 atom stereocenters. The maximum Gasteiger partial charge on any atom is 0.180 e. The third kappa shape index (κ3) is 2.19. The van der Waals surface area contributed by atoms with Crippen LogP contribution in [0.25, 0.3) is 0 Å². The molecule has 2 aromatic heterocycles. The van der Waals surface area contributed by atoms with Gasteiger partial charge >= 0.3 is 0 Å². The Morgan fingerprint density at radius 3 is 2.79 bits per heavy atom. The van der Waals surface area contributed by atoms with Gasteiger partial charge in [0.2, 0.25) is 0 Å². The minimum absolute atomic E-state index is 0.616. The van der Waals surface area contributed by atoms with Crippen LogP contribution in [0.2, 0.25) is 0 Å². The Kier molecular flexibility index (Phi) is 3.27. The average Bonchev–Trinajstić information content (AvgIpc) is 2.67. The number of hydrogen-bond acceptors (Lipinski definition) is 4. The van der Waals surface area contributed by atoms with Crippen LogP contribution in [0.5, 0.6) is 0 Å². The fourth-order valence-electron chi connectivity index (χ4n) is 1.02. The van der Waals surface area contributed by atoms with Gasteiger partial charge in [0.15, 0.2) is 5.13 Å². The van der Waals surface area contributed by atoms with E-state index in [1.165, 1.54) is 11.3 Å². The molecule has 0 unspecified atom stereocenters. The minimum Gasteiger partial charge on any atom is -0.375 e. The first-order valence-corrected chi connectivity index (χ1v) is 6.76. The van der Waals surface area contributed by atoms with Crippen LogP contribution in [-0.2, 0) is 6.54 Å². The molecule has 2 N–H and O–H groups in total. The van der Waals surface area contributed by atoms with Crippen LogP contribution in [0.4, 0.5) is 5.13 Å². The van der Waals surface area contributed by atoms with Crippen LogP contribution in [0.15, 0.2) is 11.7 Å². The third-order valence-electron chi connectivity index (χ3n) is 1.63. The van der Waals surface area contributed by atoms with Gasteiger partial charge in [0, 0.05) is 5.38 Å². The summed E-state index contributed by atoms with van der Waals surface area (Å²) in [5.74, 6) is 0. The maximum absolute atomic E-state index is 5.55. The summed E-state index contributed by atoms with van der Waals surface area (Å²) in [6, 6.07) is 0. The Labute approximate surface area is 112 Å². The molecule has 0 bridgehead atoms. The molecule has 2 aromatic rings. The Hall–Kier alpha value is 0.1000. The van der Waals surface area contributed by atoms with Gasteiger partial charge in [0.1, 0.15) is 7.40 Å². The van der Waals surface area contributed by atoms with Gasteiger partial charge in [0.05, 0.1) is 18.6 Å². The molecule has 0 saturated heterocycles. The molecule has 7 heteroatoms. The Morgan fingerprint density at radius 1 is 1.50 bits per heavy atom. The van der Waals surface area contributed by atoms with Gasteiger partial charge in [-0.2, -0.15) is 0 Å². The number of aromatic nitrogens is 3. The maximum atomic E-state index is 5.55. The van der Waals surface area contributed by atoms with Crippen LogP contribution in [0, 0.1) is 7.40 Å². The standard InChI is InChI=1S/C7H6I2N4S/c8-5-6(9)13(3-11-5)1-4-2-14-7(10)12-4/h2-3H,1H2,(H2,10,12). The molecule has 0 saturated carbocycles. The zero-order chi connectivity index (χ0) is 10.1. The van der Waals surface area contributed by atoms with E-state index < -0.39 is 0 Å². The van der Waals surface area contributed by atoms with Crippen molar-refractivity contribution in [3.8, 4) is 0 Å². The second-order valence-corrected chi connectivity index (χ2v) is 5.56. The van der Waals surface area contributed by atoms with Crippen molar-refractivity contribution in [2.45, 2.75) is 6.54 Å². The van der Waals surface area contributed by atoms with E-state index in [9.17, 15) is 0 Å². The molecule has 4 nitrogen and oxygen atoms in total. The largest absolute Gasteiger partial charge is 0.375 e. The highest BCUT2D eigenvalue weighted by atomic mass is 127. The normalized spacial score (nSPS) is 10.7. The molecule has 2 rings (SSSR count). The number of nitrogen functional groups attached to an aromatic ring is 1. The molecule has 0 radical (unpaired) electrons. The summed E-state index contributed by atoms with van der Waals surface area (Å²) in [4.78, 5) is 8.40.